The normalized spacial score (nSPS) is 16.2. The number of carbonyl (C=O) groups is 5. The molecule has 5 N–H and O–H groups in total. The number of rotatable bonds is 17. The van der Waals surface area contributed by atoms with Crippen LogP contribution in [0.15, 0.2) is 0 Å². The smallest absolute Gasteiger partial charge is 0.317 e. The van der Waals surface area contributed by atoms with Crippen molar-refractivity contribution in [3.63, 3.8) is 0 Å². The number of likely N-dealkylation sites (N-methyl/N-ethyl adjacent to an activating group) is 1. The highest BCUT2D eigenvalue weighted by Gasteiger charge is 2.19. The Morgan fingerprint density at radius 1 is 0.619 bits per heavy atom. The van der Waals surface area contributed by atoms with Crippen molar-refractivity contribution >= 4 is 30.2 Å². The van der Waals surface area contributed by atoms with Crippen LogP contribution in [0.25, 0.3) is 0 Å². The second-order valence-corrected chi connectivity index (χ2v) is 10.4. The molecule has 1 aliphatic rings. The zero-order chi connectivity index (χ0) is 31.6. The van der Waals surface area contributed by atoms with Gasteiger partial charge in [-0.25, -0.2) is 0 Å². The average molecular weight is 603 g/mol. The molecular weight excluding hydrogens is 548 g/mol. The molecule has 0 aromatic rings. The number of hydrogen-bond donors (Lipinski definition) is 5. The zero-order valence-corrected chi connectivity index (χ0v) is 25.6. The second kappa shape index (κ2) is 25.9. The van der Waals surface area contributed by atoms with Crippen molar-refractivity contribution in [1.82, 2.24) is 30.2 Å². The lowest BCUT2D eigenvalue weighted by Gasteiger charge is -2.33. The molecule has 0 aliphatic carbocycles. The summed E-state index contributed by atoms with van der Waals surface area (Å²) in [5.41, 5.74) is 0. The van der Waals surface area contributed by atoms with Crippen molar-refractivity contribution in [2.24, 2.45) is 0 Å². The molecule has 1 rings (SSSR count). The van der Waals surface area contributed by atoms with Gasteiger partial charge in [0.1, 0.15) is 0 Å². The maximum atomic E-state index is 12.7. The first kappa shape index (κ1) is 39.2. The molecule has 14 heteroatoms. The highest BCUT2D eigenvalue weighted by molar-refractivity contribution is 5.78. The molecule has 0 bridgehead atoms. The lowest BCUT2D eigenvalue weighted by atomic mass is 10.2. The van der Waals surface area contributed by atoms with Crippen LogP contribution in [0, 0.1) is 0 Å². The van der Waals surface area contributed by atoms with Crippen LogP contribution in [0.5, 0.6) is 0 Å². The Morgan fingerprint density at radius 2 is 1.02 bits per heavy atom. The third-order valence-corrected chi connectivity index (χ3v) is 6.97. The van der Waals surface area contributed by atoms with Crippen LogP contribution < -0.4 is 10.6 Å². The molecule has 0 saturated carbocycles. The van der Waals surface area contributed by atoms with Crippen LogP contribution in [-0.4, -0.2) is 157 Å². The fourth-order valence-electron chi connectivity index (χ4n) is 4.52. The van der Waals surface area contributed by atoms with Crippen LogP contribution >= 0.6 is 0 Å². The third kappa shape index (κ3) is 22.8. The molecule has 0 spiro atoms. The summed E-state index contributed by atoms with van der Waals surface area (Å²) in [5.74, 6) is -1.79. The highest BCUT2D eigenvalue weighted by atomic mass is 16.4. The van der Waals surface area contributed by atoms with E-state index in [1.54, 1.807) is 4.90 Å². The van der Waals surface area contributed by atoms with E-state index in [4.69, 9.17) is 9.90 Å². The summed E-state index contributed by atoms with van der Waals surface area (Å²) in [6.07, 6.45) is 6.29. The molecule has 0 atom stereocenters. The lowest BCUT2D eigenvalue weighted by molar-refractivity contribution is -0.140. The van der Waals surface area contributed by atoms with Gasteiger partial charge in [-0.2, -0.15) is 0 Å². The van der Waals surface area contributed by atoms with E-state index in [-0.39, 0.29) is 37.9 Å². The first-order valence-corrected chi connectivity index (χ1v) is 15.1. The minimum absolute atomic E-state index is 0.0590. The molecule has 1 fully saturated rings. The Morgan fingerprint density at radius 3 is 1.45 bits per heavy atom. The molecule has 1 heterocycles. The van der Waals surface area contributed by atoms with Crippen LogP contribution in [0.1, 0.15) is 58.8 Å². The Hall–Kier alpha value is -2.81. The number of aliphatic carboxylic acids is 2. The number of carboxylic acid groups (broad SMARTS) is 3. The largest absolute Gasteiger partial charge is 0.483 e. The van der Waals surface area contributed by atoms with E-state index in [2.05, 4.69) is 34.3 Å². The molecule has 1 aliphatic heterocycles. The molecule has 1 saturated heterocycles. The number of unbranched alkanes of at least 4 members (excludes halogenated alkanes) is 4. The summed E-state index contributed by atoms with van der Waals surface area (Å²) in [6, 6.07) is 0. The minimum atomic E-state index is -0.928. The number of hydrogen-bond acceptors (Lipinski definition) is 9. The van der Waals surface area contributed by atoms with Crippen LogP contribution in [0.2, 0.25) is 0 Å². The maximum Gasteiger partial charge on any atom is 0.317 e. The van der Waals surface area contributed by atoms with Crippen molar-refractivity contribution < 1.29 is 39.3 Å². The van der Waals surface area contributed by atoms with Gasteiger partial charge >= 0.3 is 11.9 Å². The third-order valence-electron chi connectivity index (χ3n) is 6.97. The Kier molecular flexibility index (Phi) is 24.1. The molecule has 42 heavy (non-hydrogen) atoms. The molecule has 2 amide bonds. The van der Waals surface area contributed by atoms with Gasteiger partial charge in [0.2, 0.25) is 11.8 Å². The topological polar surface area (TPSA) is 183 Å². The summed E-state index contributed by atoms with van der Waals surface area (Å²) in [7, 11) is 0. The summed E-state index contributed by atoms with van der Waals surface area (Å²) >= 11 is 0. The lowest BCUT2D eigenvalue weighted by Crippen LogP contribution is -2.49. The number of amides is 2. The second-order valence-electron chi connectivity index (χ2n) is 10.4. The van der Waals surface area contributed by atoms with Crippen LogP contribution in [0.3, 0.4) is 0 Å². The van der Waals surface area contributed by atoms with Gasteiger partial charge < -0.3 is 30.9 Å². The van der Waals surface area contributed by atoms with Gasteiger partial charge in [-0.3, -0.25) is 38.7 Å². The van der Waals surface area contributed by atoms with Crippen molar-refractivity contribution in [3.8, 4) is 0 Å². The van der Waals surface area contributed by atoms with E-state index in [9.17, 15) is 29.4 Å². The molecule has 0 radical (unpaired) electrons. The zero-order valence-electron chi connectivity index (χ0n) is 25.6. The van der Waals surface area contributed by atoms with Crippen molar-refractivity contribution in [2.45, 2.75) is 58.8 Å². The SMILES string of the molecule is CCCCCNC(=O)CCCCCNC(=O)CN1CCN(CC)CCN(CC(=O)O)CCN(CC(=O)O)CC1.O=CO. The minimum Gasteiger partial charge on any atom is -0.483 e. The van der Waals surface area contributed by atoms with E-state index >= 15 is 0 Å². The van der Waals surface area contributed by atoms with Gasteiger partial charge in [-0.05, 0) is 25.8 Å². The van der Waals surface area contributed by atoms with Crippen LogP contribution in [-0.2, 0) is 24.0 Å². The van der Waals surface area contributed by atoms with Crippen LogP contribution in [0.4, 0.5) is 0 Å². The number of nitrogens with zero attached hydrogens (tertiary/aromatic N) is 4. The number of carboxylic acids is 2. The number of nitrogens with one attached hydrogen (secondary N) is 2. The molecule has 0 aromatic carbocycles. The first-order chi connectivity index (χ1) is 20.1. The number of carbonyl (C=O) groups excluding carboxylic acids is 2. The van der Waals surface area contributed by atoms with Gasteiger partial charge in [-0.1, -0.05) is 33.1 Å². The Bertz CT molecular complexity index is 773. The van der Waals surface area contributed by atoms with E-state index in [0.29, 0.717) is 58.8 Å². The van der Waals surface area contributed by atoms with Gasteiger partial charge in [0.15, 0.2) is 0 Å². The highest BCUT2D eigenvalue weighted by Crippen LogP contribution is 2.02. The predicted molar refractivity (Wildman–Crippen MR) is 159 cm³/mol. The Labute approximate surface area is 250 Å². The maximum absolute atomic E-state index is 12.7. The monoisotopic (exact) mass is 602 g/mol. The summed E-state index contributed by atoms with van der Waals surface area (Å²) < 4.78 is 0. The van der Waals surface area contributed by atoms with E-state index < -0.39 is 11.9 Å². The van der Waals surface area contributed by atoms with Crippen molar-refractivity contribution in [3.05, 3.63) is 0 Å². The predicted octanol–water partition coefficient (Wildman–Crippen LogP) is 0.0809. The van der Waals surface area contributed by atoms with Gasteiger partial charge in [-0.15, -0.1) is 0 Å². The van der Waals surface area contributed by atoms with Gasteiger partial charge in [0.25, 0.3) is 6.47 Å². The Balaban J connectivity index is 0.00000535. The van der Waals surface area contributed by atoms with E-state index in [1.807, 2.05) is 4.90 Å². The fourth-order valence-corrected chi connectivity index (χ4v) is 4.52. The fraction of sp³-hybridized carbons (Fsp3) is 0.821. The van der Waals surface area contributed by atoms with Crippen molar-refractivity contribution in [1.29, 1.82) is 0 Å². The molecule has 14 nitrogen and oxygen atoms in total. The van der Waals surface area contributed by atoms with Gasteiger partial charge in [0, 0.05) is 71.9 Å². The quantitative estimate of drug-likeness (QED) is 0.112. The average Bonchev–Trinajstić information content (AvgIpc) is 2.93. The summed E-state index contributed by atoms with van der Waals surface area (Å²) in [5, 5.41) is 31.4. The van der Waals surface area contributed by atoms with Crippen molar-refractivity contribution in [2.75, 3.05) is 91.6 Å². The summed E-state index contributed by atoms with van der Waals surface area (Å²) in [4.78, 5) is 63.5. The molecular formula is C28H54N6O8. The van der Waals surface area contributed by atoms with Gasteiger partial charge in [0.05, 0.1) is 19.6 Å². The first-order valence-electron chi connectivity index (χ1n) is 15.1. The molecule has 0 aromatic heterocycles. The molecule has 244 valence electrons. The van der Waals surface area contributed by atoms with E-state index in [0.717, 1.165) is 58.2 Å². The standard InChI is InChI=1S/C27H52N6O6.CH2O2/c1-3-5-8-11-28-24(34)10-7-6-9-12-29-25(35)21-31-15-13-30(4-2)14-16-32(22-26(36)37)19-20-33(18-17-31)23-27(38)39;2-1-3/h3-23H2,1-2H3,(H,28,34)(H,29,35)(H,36,37)(H,38,39);1H,(H,2,3). The molecule has 0 unspecified atom stereocenters. The summed E-state index contributed by atoms with van der Waals surface area (Å²) in [6.45, 7) is 10.8. The van der Waals surface area contributed by atoms with E-state index in [1.165, 1.54) is 0 Å².